The van der Waals surface area contributed by atoms with E-state index in [1.54, 1.807) is 41.3 Å². The number of anilines is 1. The van der Waals surface area contributed by atoms with Gasteiger partial charge >= 0.3 is 5.97 Å². The van der Waals surface area contributed by atoms with Crippen LogP contribution in [0.1, 0.15) is 44.4 Å². The summed E-state index contributed by atoms with van der Waals surface area (Å²) in [6, 6.07) is 10.6. The van der Waals surface area contributed by atoms with Crippen molar-refractivity contribution in [2.45, 2.75) is 39.4 Å². The Bertz CT molecular complexity index is 1020. The fraction of sp³-hybridized carbons (Fsp3) is 0.417. The molecule has 1 aliphatic heterocycles. The number of aliphatic carboxylic acids is 1. The van der Waals surface area contributed by atoms with E-state index >= 15 is 0 Å². The van der Waals surface area contributed by atoms with Gasteiger partial charge in [-0.3, -0.25) is 9.59 Å². The molecule has 1 N–H and O–H groups in total. The minimum atomic E-state index is -1.19. The summed E-state index contributed by atoms with van der Waals surface area (Å²) in [4.78, 5) is 26.7. The number of ether oxygens (including phenoxy) is 3. The van der Waals surface area contributed by atoms with Gasteiger partial charge in [-0.05, 0) is 29.7 Å². The molecule has 0 bridgehead atoms. The van der Waals surface area contributed by atoms with Gasteiger partial charge in [-0.1, -0.05) is 44.5 Å². The number of carbonyl (C=O) groups is 2. The zero-order valence-electron chi connectivity index (χ0n) is 18.8. The van der Waals surface area contributed by atoms with Crippen LogP contribution in [-0.2, 0) is 14.3 Å². The fourth-order valence-electron chi connectivity index (χ4n) is 3.86. The van der Waals surface area contributed by atoms with Gasteiger partial charge in [0.25, 0.3) is 5.91 Å². The van der Waals surface area contributed by atoms with Crippen LogP contribution >= 0.6 is 11.6 Å². The number of halogens is 1. The van der Waals surface area contributed by atoms with Crippen molar-refractivity contribution in [1.29, 1.82) is 0 Å². The summed E-state index contributed by atoms with van der Waals surface area (Å²) in [6.07, 6.45) is -2.46. The first-order chi connectivity index (χ1) is 15.1. The monoisotopic (exact) mass is 461 g/mol. The zero-order chi connectivity index (χ0) is 23.6. The second-order valence-electron chi connectivity index (χ2n) is 8.87. The largest absolute Gasteiger partial charge is 0.493 e. The number of fused-ring (bicyclic) bond motifs is 1. The lowest BCUT2D eigenvalue weighted by Crippen LogP contribution is -2.44. The van der Waals surface area contributed by atoms with Crippen molar-refractivity contribution >= 4 is 29.2 Å². The number of rotatable bonds is 6. The third-order valence-electron chi connectivity index (χ3n) is 5.11. The molecule has 0 aliphatic carbocycles. The summed E-state index contributed by atoms with van der Waals surface area (Å²) >= 11 is 6.34. The number of benzene rings is 2. The molecule has 7 nitrogen and oxygen atoms in total. The summed E-state index contributed by atoms with van der Waals surface area (Å²) in [7, 11) is 3.05. The second-order valence-corrected chi connectivity index (χ2v) is 9.31. The molecule has 0 aromatic heterocycles. The third kappa shape index (κ3) is 5.00. The lowest BCUT2D eigenvalue weighted by Gasteiger charge is -2.31. The average molecular weight is 462 g/mol. The molecule has 1 amide bonds. The Labute approximate surface area is 192 Å². The highest BCUT2D eigenvalue weighted by Crippen LogP contribution is 2.45. The van der Waals surface area contributed by atoms with Crippen LogP contribution in [0.25, 0.3) is 0 Å². The molecule has 2 aromatic rings. The molecular formula is C24H28ClNO6. The number of carboxylic acid groups (broad SMARTS) is 1. The Kier molecular flexibility index (Phi) is 7.00. The van der Waals surface area contributed by atoms with Crippen molar-refractivity contribution in [2.75, 3.05) is 25.7 Å². The molecule has 8 heteroatoms. The fourth-order valence-corrected chi connectivity index (χ4v) is 4.04. The van der Waals surface area contributed by atoms with Gasteiger partial charge < -0.3 is 24.2 Å². The van der Waals surface area contributed by atoms with E-state index in [0.29, 0.717) is 39.9 Å². The summed E-state index contributed by atoms with van der Waals surface area (Å²) in [5, 5.41) is 9.95. The van der Waals surface area contributed by atoms with Crippen LogP contribution in [0, 0.1) is 5.41 Å². The minimum absolute atomic E-state index is 0.242. The molecule has 1 aliphatic rings. The topological polar surface area (TPSA) is 85.3 Å². The van der Waals surface area contributed by atoms with Crippen molar-refractivity contribution in [3.63, 3.8) is 0 Å². The first-order valence-corrected chi connectivity index (χ1v) is 10.6. The van der Waals surface area contributed by atoms with Gasteiger partial charge in [0.05, 0.1) is 20.6 Å². The summed E-state index contributed by atoms with van der Waals surface area (Å²) < 4.78 is 17.3. The van der Waals surface area contributed by atoms with E-state index in [2.05, 4.69) is 0 Å². The van der Waals surface area contributed by atoms with E-state index in [0.717, 1.165) is 0 Å². The number of hydrogen-bond donors (Lipinski definition) is 1. The molecule has 2 atom stereocenters. The molecule has 0 radical (unpaired) electrons. The van der Waals surface area contributed by atoms with E-state index < -0.39 is 30.5 Å². The van der Waals surface area contributed by atoms with Gasteiger partial charge in [-0.25, -0.2) is 0 Å². The van der Waals surface area contributed by atoms with Crippen LogP contribution in [0.3, 0.4) is 0 Å². The molecule has 2 unspecified atom stereocenters. The van der Waals surface area contributed by atoms with E-state index in [1.165, 1.54) is 14.2 Å². The van der Waals surface area contributed by atoms with E-state index in [9.17, 15) is 14.7 Å². The van der Waals surface area contributed by atoms with E-state index in [4.69, 9.17) is 25.8 Å². The van der Waals surface area contributed by atoms with Crippen molar-refractivity contribution in [1.82, 2.24) is 0 Å². The molecule has 0 saturated heterocycles. The summed E-state index contributed by atoms with van der Waals surface area (Å²) in [6.45, 7) is 6.41. The highest BCUT2D eigenvalue weighted by molar-refractivity contribution is 6.30. The molecule has 172 valence electrons. The number of carbonyl (C=O) groups excluding carboxylic acids is 1. The Morgan fingerprint density at radius 3 is 2.47 bits per heavy atom. The zero-order valence-corrected chi connectivity index (χ0v) is 19.6. The maximum Gasteiger partial charge on any atom is 0.306 e. The van der Waals surface area contributed by atoms with Crippen molar-refractivity contribution < 1.29 is 28.9 Å². The molecule has 3 rings (SSSR count). The van der Waals surface area contributed by atoms with Crippen LogP contribution in [0.5, 0.6) is 11.5 Å². The number of nitrogens with zero attached hydrogens (tertiary/aromatic N) is 1. The molecule has 1 heterocycles. The summed E-state index contributed by atoms with van der Waals surface area (Å²) in [5.74, 6) is -0.597. The van der Waals surface area contributed by atoms with Crippen LogP contribution < -0.4 is 14.4 Å². The van der Waals surface area contributed by atoms with Gasteiger partial charge in [0.2, 0.25) is 0 Å². The maximum absolute atomic E-state index is 13.5. The van der Waals surface area contributed by atoms with E-state index in [1.807, 2.05) is 20.8 Å². The number of amides is 1. The van der Waals surface area contributed by atoms with Crippen LogP contribution in [0.15, 0.2) is 36.4 Å². The smallest absolute Gasteiger partial charge is 0.306 e. The Balaban J connectivity index is 2.27. The molecule has 0 saturated carbocycles. The normalized spacial score (nSPS) is 18.7. The van der Waals surface area contributed by atoms with Crippen LogP contribution in [0.4, 0.5) is 5.69 Å². The second kappa shape index (κ2) is 9.38. The molecule has 32 heavy (non-hydrogen) atoms. The van der Waals surface area contributed by atoms with Crippen LogP contribution in [0.2, 0.25) is 5.02 Å². The van der Waals surface area contributed by atoms with Gasteiger partial charge in [0, 0.05) is 28.4 Å². The lowest BCUT2D eigenvalue weighted by molar-refractivity contribution is -0.147. The predicted molar refractivity (Wildman–Crippen MR) is 122 cm³/mol. The Hall–Kier alpha value is -2.77. The van der Waals surface area contributed by atoms with Gasteiger partial charge in [-0.15, -0.1) is 0 Å². The number of methoxy groups -OCH3 is 2. The Morgan fingerprint density at radius 1 is 1.16 bits per heavy atom. The molecular weight excluding hydrogens is 434 g/mol. The first kappa shape index (κ1) is 23.9. The van der Waals surface area contributed by atoms with Crippen LogP contribution in [-0.4, -0.2) is 43.9 Å². The highest BCUT2D eigenvalue weighted by Gasteiger charge is 2.40. The number of carboxylic acids is 1. The number of hydrogen-bond acceptors (Lipinski definition) is 5. The summed E-state index contributed by atoms with van der Waals surface area (Å²) in [5.41, 5.74) is 1.64. The maximum atomic E-state index is 13.5. The quantitative estimate of drug-likeness (QED) is 0.671. The number of para-hydroxylation sites is 1. The Morgan fingerprint density at radius 2 is 1.88 bits per heavy atom. The standard InChI is InChI=1S/C24H28ClNO6/c1-24(2,3)13-26-17-10-9-14(25)11-16(17)21(32-19(23(26)29)12-20(27)28)15-7-6-8-18(30-4)22(15)31-5/h6-11,19,21H,12-13H2,1-5H3,(H,27,28). The third-order valence-corrected chi connectivity index (χ3v) is 5.35. The van der Waals surface area contributed by atoms with Crippen molar-refractivity contribution in [2.24, 2.45) is 5.41 Å². The minimum Gasteiger partial charge on any atom is -0.493 e. The van der Waals surface area contributed by atoms with Gasteiger partial charge in [0.1, 0.15) is 12.2 Å². The molecule has 0 fully saturated rings. The van der Waals surface area contributed by atoms with Gasteiger partial charge in [-0.2, -0.15) is 0 Å². The van der Waals surface area contributed by atoms with Crippen molar-refractivity contribution in [3.8, 4) is 11.5 Å². The van der Waals surface area contributed by atoms with E-state index in [-0.39, 0.29) is 5.41 Å². The lowest BCUT2D eigenvalue weighted by atomic mass is 9.94. The molecule has 2 aromatic carbocycles. The average Bonchev–Trinajstić information content (AvgIpc) is 2.82. The van der Waals surface area contributed by atoms with Gasteiger partial charge in [0.15, 0.2) is 11.5 Å². The van der Waals surface area contributed by atoms with Crippen molar-refractivity contribution in [3.05, 3.63) is 52.5 Å². The first-order valence-electron chi connectivity index (χ1n) is 10.2. The molecule has 0 spiro atoms. The SMILES string of the molecule is COc1cccc(C2OC(CC(=O)O)C(=O)N(CC(C)(C)C)c3ccc(Cl)cc32)c1OC. The predicted octanol–water partition coefficient (Wildman–Crippen LogP) is 4.70. The highest BCUT2D eigenvalue weighted by atomic mass is 35.5.